The number of sulfone groups is 1. The van der Waals surface area contributed by atoms with Gasteiger partial charge in [0.15, 0.2) is 9.84 Å². The fourth-order valence-electron chi connectivity index (χ4n) is 0.995. The molecule has 0 aromatic carbocycles. The van der Waals surface area contributed by atoms with Gasteiger partial charge in [-0.2, -0.15) is 0 Å². The highest BCUT2D eigenvalue weighted by molar-refractivity contribution is 7.92. The number of hydrogen-bond donors (Lipinski definition) is 1. The Morgan fingerprint density at radius 3 is 2.80 bits per heavy atom. The Morgan fingerprint density at radius 1 is 1.53 bits per heavy atom. The molecule has 0 unspecified atom stereocenters. The Labute approximate surface area is 89.8 Å². The van der Waals surface area contributed by atoms with Crippen LogP contribution in [0.5, 0.6) is 0 Å². The number of nitrogens with one attached hydrogen (secondary N) is 1. The van der Waals surface area contributed by atoms with Gasteiger partial charge in [-0.25, -0.2) is 8.42 Å². The van der Waals surface area contributed by atoms with E-state index < -0.39 is 9.84 Å². The second kappa shape index (κ2) is 5.27. The summed E-state index contributed by atoms with van der Waals surface area (Å²) in [6.45, 7) is 4.31. The van der Waals surface area contributed by atoms with Crippen LogP contribution < -0.4 is 5.32 Å². The Balaban J connectivity index is 2.23. The van der Waals surface area contributed by atoms with E-state index in [4.69, 9.17) is 4.52 Å². The van der Waals surface area contributed by atoms with Gasteiger partial charge in [-0.15, -0.1) is 0 Å². The second-order valence-corrected chi connectivity index (χ2v) is 6.25. The first kappa shape index (κ1) is 12.2. The van der Waals surface area contributed by atoms with E-state index in [2.05, 4.69) is 10.5 Å². The monoisotopic (exact) mass is 232 g/mol. The van der Waals surface area contributed by atoms with Crippen LogP contribution in [-0.4, -0.2) is 31.1 Å². The van der Waals surface area contributed by atoms with E-state index in [1.54, 1.807) is 26.1 Å². The minimum Gasteiger partial charge on any atom is -0.360 e. The van der Waals surface area contributed by atoms with E-state index in [1.165, 1.54) is 0 Å². The largest absolute Gasteiger partial charge is 0.360 e. The minimum absolute atomic E-state index is 0.152. The lowest BCUT2D eigenvalue weighted by Gasteiger charge is -2.07. The third-order valence-electron chi connectivity index (χ3n) is 2.07. The number of aromatic nitrogens is 1. The van der Waals surface area contributed by atoms with Gasteiger partial charge in [0, 0.05) is 12.6 Å². The van der Waals surface area contributed by atoms with Gasteiger partial charge in [-0.1, -0.05) is 5.16 Å². The van der Waals surface area contributed by atoms with E-state index in [0.29, 0.717) is 18.8 Å². The van der Waals surface area contributed by atoms with Gasteiger partial charge in [0.2, 0.25) is 0 Å². The zero-order valence-corrected chi connectivity index (χ0v) is 9.75. The molecule has 0 fully saturated rings. The van der Waals surface area contributed by atoms with Crippen molar-refractivity contribution in [1.82, 2.24) is 10.5 Å². The number of nitrogens with zero attached hydrogens (tertiary/aromatic N) is 1. The van der Waals surface area contributed by atoms with Crippen molar-refractivity contribution in [3.05, 3.63) is 18.0 Å². The Hall–Kier alpha value is -0.880. The van der Waals surface area contributed by atoms with Crippen molar-refractivity contribution in [1.29, 1.82) is 0 Å². The fraction of sp³-hybridized carbons (Fsp3) is 0.667. The summed E-state index contributed by atoms with van der Waals surface area (Å²) in [5.41, 5.74) is 0. The van der Waals surface area contributed by atoms with Crippen molar-refractivity contribution in [2.45, 2.75) is 25.6 Å². The van der Waals surface area contributed by atoms with Crippen LogP contribution >= 0.6 is 0 Å². The maximum absolute atomic E-state index is 11.4. The van der Waals surface area contributed by atoms with Gasteiger partial charge in [0.1, 0.15) is 5.76 Å². The molecule has 15 heavy (non-hydrogen) atoms. The average molecular weight is 232 g/mol. The molecular formula is C9H16N2O3S. The minimum atomic E-state index is -2.95. The molecule has 6 heteroatoms. The van der Waals surface area contributed by atoms with Crippen LogP contribution in [0.3, 0.4) is 0 Å². The van der Waals surface area contributed by atoms with E-state index in [9.17, 15) is 8.42 Å². The van der Waals surface area contributed by atoms with E-state index in [0.717, 1.165) is 0 Å². The molecule has 0 radical (unpaired) electrons. The molecule has 5 nitrogen and oxygen atoms in total. The van der Waals surface area contributed by atoms with Crippen LogP contribution in [-0.2, 0) is 16.4 Å². The highest BCUT2D eigenvalue weighted by Crippen LogP contribution is 2.00. The Kier molecular flexibility index (Phi) is 4.28. The quantitative estimate of drug-likeness (QED) is 0.727. The summed E-state index contributed by atoms with van der Waals surface area (Å²) >= 11 is 0. The van der Waals surface area contributed by atoms with Gasteiger partial charge in [0.25, 0.3) is 0 Å². The second-order valence-electron chi connectivity index (χ2n) is 3.57. The average Bonchev–Trinajstić information content (AvgIpc) is 2.64. The molecule has 0 bridgehead atoms. The molecule has 0 aliphatic carbocycles. The summed E-state index contributed by atoms with van der Waals surface area (Å²) in [5, 5.41) is 6.22. The summed E-state index contributed by atoms with van der Waals surface area (Å²) in [7, 11) is -2.95. The topological polar surface area (TPSA) is 72.2 Å². The third-order valence-corrected chi connectivity index (χ3v) is 4.28. The molecule has 0 atom stereocenters. The van der Waals surface area contributed by atoms with Gasteiger partial charge in [-0.3, -0.25) is 0 Å². The third kappa shape index (κ3) is 4.01. The number of hydrogen-bond acceptors (Lipinski definition) is 5. The molecule has 0 saturated carbocycles. The van der Waals surface area contributed by atoms with Crippen molar-refractivity contribution in [3.8, 4) is 0 Å². The van der Waals surface area contributed by atoms with Crippen molar-refractivity contribution in [2.24, 2.45) is 0 Å². The standard InChI is InChI=1S/C9H16N2O3S/c1-8(2)15(12,13)6-5-10-7-9-3-4-11-14-9/h3-4,8,10H,5-7H2,1-2H3. The maximum Gasteiger partial charge on any atom is 0.153 e. The molecule has 1 rings (SSSR count). The summed E-state index contributed by atoms with van der Waals surface area (Å²) in [6.07, 6.45) is 1.56. The highest BCUT2D eigenvalue weighted by Gasteiger charge is 2.14. The van der Waals surface area contributed by atoms with Gasteiger partial charge >= 0.3 is 0 Å². The zero-order valence-electron chi connectivity index (χ0n) is 8.93. The molecule has 0 aliphatic rings. The predicted molar refractivity (Wildman–Crippen MR) is 57.1 cm³/mol. The molecular weight excluding hydrogens is 216 g/mol. The van der Waals surface area contributed by atoms with Crippen molar-refractivity contribution < 1.29 is 12.9 Å². The lowest BCUT2D eigenvalue weighted by Crippen LogP contribution is -2.26. The van der Waals surface area contributed by atoms with Crippen molar-refractivity contribution in [2.75, 3.05) is 12.3 Å². The predicted octanol–water partition coefficient (Wildman–Crippen LogP) is 0.587. The first-order chi connectivity index (χ1) is 7.02. The molecule has 0 aliphatic heterocycles. The van der Waals surface area contributed by atoms with E-state index >= 15 is 0 Å². The molecule has 1 heterocycles. The normalized spacial score (nSPS) is 12.2. The van der Waals surface area contributed by atoms with Crippen LogP contribution in [0.4, 0.5) is 0 Å². The molecule has 1 aromatic rings. The van der Waals surface area contributed by atoms with Crippen molar-refractivity contribution in [3.63, 3.8) is 0 Å². The van der Waals surface area contributed by atoms with Crippen LogP contribution in [0.1, 0.15) is 19.6 Å². The molecule has 0 spiro atoms. The first-order valence-corrected chi connectivity index (χ1v) is 6.56. The summed E-state index contributed by atoms with van der Waals surface area (Å²) < 4.78 is 27.7. The van der Waals surface area contributed by atoms with E-state index in [-0.39, 0.29) is 11.0 Å². The summed E-state index contributed by atoms with van der Waals surface area (Å²) in [4.78, 5) is 0. The number of rotatable bonds is 6. The maximum atomic E-state index is 11.4. The molecule has 1 aromatic heterocycles. The molecule has 0 amide bonds. The lowest BCUT2D eigenvalue weighted by atomic mass is 10.4. The van der Waals surface area contributed by atoms with Gasteiger partial charge in [0.05, 0.1) is 23.7 Å². The molecule has 86 valence electrons. The Morgan fingerprint density at radius 2 is 2.27 bits per heavy atom. The fourth-order valence-corrected chi connectivity index (χ4v) is 1.90. The molecule has 0 saturated heterocycles. The smallest absolute Gasteiger partial charge is 0.153 e. The van der Waals surface area contributed by atoms with Crippen molar-refractivity contribution >= 4 is 9.84 Å². The van der Waals surface area contributed by atoms with Crippen LogP contribution in [0.2, 0.25) is 0 Å². The zero-order chi connectivity index (χ0) is 11.3. The van der Waals surface area contributed by atoms with Gasteiger partial charge in [-0.05, 0) is 13.8 Å². The lowest BCUT2D eigenvalue weighted by molar-refractivity contribution is 0.374. The Bertz CT molecular complexity index is 370. The van der Waals surface area contributed by atoms with Crippen LogP contribution in [0, 0.1) is 0 Å². The van der Waals surface area contributed by atoms with Crippen LogP contribution in [0.15, 0.2) is 16.8 Å². The van der Waals surface area contributed by atoms with Crippen LogP contribution in [0.25, 0.3) is 0 Å². The summed E-state index contributed by atoms with van der Waals surface area (Å²) in [5.74, 6) is 0.857. The SMILES string of the molecule is CC(C)S(=O)(=O)CCNCc1ccno1. The highest BCUT2D eigenvalue weighted by atomic mass is 32.2. The van der Waals surface area contributed by atoms with Gasteiger partial charge < -0.3 is 9.84 Å². The van der Waals surface area contributed by atoms with E-state index in [1.807, 2.05) is 0 Å². The molecule has 1 N–H and O–H groups in total. The summed E-state index contributed by atoms with van der Waals surface area (Å²) in [6, 6.07) is 1.74. The first-order valence-electron chi connectivity index (χ1n) is 4.84.